The van der Waals surface area contributed by atoms with Crippen molar-refractivity contribution in [1.82, 2.24) is 19.2 Å². The summed E-state index contributed by atoms with van der Waals surface area (Å²) in [6.07, 6.45) is 2.79. The summed E-state index contributed by atoms with van der Waals surface area (Å²) in [6.45, 7) is 7.50. The number of benzene rings is 2. The highest BCUT2D eigenvalue weighted by Gasteiger charge is 2.28. The zero-order valence-electron chi connectivity index (χ0n) is 18.8. The lowest BCUT2D eigenvalue weighted by Gasteiger charge is -2.26. The van der Waals surface area contributed by atoms with Crippen LogP contribution >= 0.6 is 0 Å². The Morgan fingerprint density at radius 3 is 2.56 bits per heavy atom. The molecule has 8 heteroatoms. The van der Waals surface area contributed by atoms with Gasteiger partial charge in [0.25, 0.3) is 5.91 Å². The van der Waals surface area contributed by atoms with E-state index in [1.54, 1.807) is 19.1 Å². The molecular formula is C24H30N4O3S. The average Bonchev–Trinajstić information content (AvgIpc) is 3.18. The molecule has 0 aliphatic carbocycles. The molecule has 1 unspecified atom stereocenters. The minimum atomic E-state index is -3.62. The third-order valence-corrected chi connectivity index (χ3v) is 8.16. The van der Waals surface area contributed by atoms with Crippen LogP contribution in [0.1, 0.15) is 60.9 Å². The van der Waals surface area contributed by atoms with Crippen LogP contribution in [0, 0.1) is 6.92 Å². The number of para-hydroxylation sites is 2. The second-order valence-corrected chi connectivity index (χ2v) is 10.2. The molecule has 7 nitrogen and oxygen atoms in total. The number of imidazole rings is 1. The number of fused-ring (bicyclic) bond motifs is 1. The van der Waals surface area contributed by atoms with Crippen LogP contribution in [0.25, 0.3) is 11.0 Å². The van der Waals surface area contributed by atoms with Gasteiger partial charge in [-0.15, -0.1) is 0 Å². The van der Waals surface area contributed by atoms with Crippen LogP contribution < -0.4 is 5.32 Å². The summed E-state index contributed by atoms with van der Waals surface area (Å²) in [4.78, 5) is 18.0. The van der Waals surface area contributed by atoms with E-state index < -0.39 is 10.0 Å². The lowest BCUT2D eigenvalue weighted by atomic mass is 10.1. The van der Waals surface area contributed by atoms with Gasteiger partial charge in [-0.3, -0.25) is 4.79 Å². The van der Waals surface area contributed by atoms with Gasteiger partial charge in [-0.25, -0.2) is 13.4 Å². The Bertz CT molecular complexity index is 1240. The lowest BCUT2D eigenvalue weighted by Crippen LogP contribution is -2.36. The summed E-state index contributed by atoms with van der Waals surface area (Å²) < 4.78 is 30.0. The lowest BCUT2D eigenvalue weighted by molar-refractivity contribution is 0.0937. The molecule has 32 heavy (non-hydrogen) atoms. The molecule has 1 atom stereocenters. The molecule has 1 N–H and O–H groups in total. The molecule has 0 bridgehead atoms. The maximum absolute atomic E-state index is 13.2. The van der Waals surface area contributed by atoms with Crippen molar-refractivity contribution in [2.45, 2.75) is 57.5 Å². The number of aryl methyl sites for hydroxylation is 2. The standard InChI is InChI=1S/C24H30N4O3S/c1-4-28-21-11-7-6-10-20(21)26-23(28)18(3)25-24(29)19-13-12-17(2)22(16-19)32(30,31)27-14-8-5-9-15-27/h6-7,10-13,16,18H,4-5,8-9,14-15H2,1-3H3,(H,25,29). The molecule has 2 aromatic carbocycles. The smallest absolute Gasteiger partial charge is 0.251 e. The largest absolute Gasteiger partial charge is 0.342 e. The number of aromatic nitrogens is 2. The van der Waals surface area contributed by atoms with E-state index in [4.69, 9.17) is 4.98 Å². The average molecular weight is 455 g/mol. The van der Waals surface area contributed by atoms with E-state index >= 15 is 0 Å². The van der Waals surface area contributed by atoms with Crippen LogP contribution in [-0.4, -0.2) is 41.3 Å². The first-order chi connectivity index (χ1) is 15.3. The third kappa shape index (κ3) is 4.17. The minimum absolute atomic E-state index is 0.209. The summed E-state index contributed by atoms with van der Waals surface area (Å²) in [5.74, 6) is 0.456. The first-order valence-corrected chi connectivity index (χ1v) is 12.6. The monoisotopic (exact) mass is 454 g/mol. The maximum atomic E-state index is 13.2. The molecule has 3 aromatic rings. The molecule has 0 spiro atoms. The van der Waals surface area contributed by atoms with E-state index in [-0.39, 0.29) is 16.8 Å². The van der Waals surface area contributed by atoms with Crippen molar-refractivity contribution in [3.63, 3.8) is 0 Å². The van der Waals surface area contributed by atoms with Crippen LogP contribution in [0.5, 0.6) is 0 Å². The molecule has 0 radical (unpaired) electrons. The Morgan fingerprint density at radius 1 is 1.12 bits per heavy atom. The zero-order chi connectivity index (χ0) is 22.9. The molecule has 170 valence electrons. The Hall–Kier alpha value is -2.71. The fourth-order valence-electron chi connectivity index (χ4n) is 4.37. The molecule has 0 saturated carbocycles. The highest BCUT2D eigenvalue weighted by Crippen LogP contribution is 2.25. The minimum Gasteiger partial charge on any atom is -0.342 e. The maximum Gasteiger partial charge on any atom is 0.251 e. The van der Waals surface area contributed by atoms with E-state index in [0.29, 0.717) is 24.2 Å². The van der Waals surface area contributed by atoms with Crippen molar-refractivity contribution in [2.75, 3.05) is 13.1 Å². The number of nitrogens with zero attached hydrogens (tertiary/aromatic N) is 3. The summed E-state index contributed by atoms with van der Waals surface area (Å²) in [5, 5.41) is 3.00. The molecule has 1 amide bonds. The van der Waals surface area contributed by atoms with Crippen molar-refractivity contribution in [1.29, 1.82) is 0 Å². The van der Waals surface area contributed by atoms with Gasteiger partial charge in [-0.05, 0) is 63.4 Å². The highest BCUT2D eigenvalue weighted by molar-refractivity contribution is 7.89. The van der Waals surface area contributed by atoms with E-state index in [0.717, 1.165) is 42.7 Å². The highest BCUT2D eigenvalue weighted by atomic mass is 32.2. The van der Waals surface area contributed by atoms with E-state index in [1.165, 1.54) is 10.4 Å². The first-order valence-electron chi connectivity index (χ1n) is 11.2. The number of rotatable bonds is 6. The molecule has 1 aliphatic rings. The molecule has 4 rings (SSSR count). The van der Waals surface area contributed by atoms with Gasteiger partial charge in [0, 0.05) is 25.2 Å². The van der Waals surface area contributed by atoms with Crippen molar-refractivity contribution < 1.29 is 13.2 Å². The number of piperidine rings is 1. The van der Waals surface area contributed by atoms with Crippen LogP contribution in [0.2, 0.25) is 0 Å². The molecule has 1 aromatic heterocycles. The molecule has 1 saturated heterocycles. The number of carbonyl (C=O) groups excluding carboxylic acids is 1. The third-order valence-electron chi connectivity index (χ3n) is 6.12. The van der Waals surface area contributed by atoms with E-state index in [1.807, 2.05) is 38.1 Å². The number of hydrogen-bond acceptors (Lipinski definition) is 4. The molecular weight excluding hydrogens is 424 g/mol. The van der Waals surface area contributed by atoms with Crippen molar-refractivity contribution >= 4 is 27.0 Å². The number of amides is 1. The Morgan fingerprint density at radius 2 is 1.84 bits per heavy atom. The van der Waals surface area contributed by atoms with E-state index in [9.17, 15) is 13.2 Å². The number of carbonyl (C=O) groups is 1. The quantitative estimate of drug-likeness (QED) is 0.609. The first kappa shape index (κ1) is 22.5. The Balaban J connectivity index is 1.60. The van der Waals surface area contributed by atoms with Crippen molar-refractivity contribution in [3.8, 4) is 0 Å². The van der Waals surface area contributed by atoms with Gasteiger partial charge in [0.2, 0.25) is 10.0 Å². The molecule has 2 heterocycles. The predicted molar refractivity (Wildman–Crippen MR) is 125 cm³/mol. The van der Waals surface area contributed by atoms with Crippen LogP contribution in [0.15, 0.2) is 47.4 Å². The SMILES string of the molecule is CCn1c(C(C)NC(=O)c2ccc(C)c(S(=O)(=O)N3CCCCC3)c2)nc2ccccc21. The topological polar surface area (TPSA) is 84.3 Å². The Labute approximate surface area is 189 Å². The number of hydrogen-bond donors (Lipinski definition) is 1. The van der Waals surface area contributed by atoms with Gasteiger partial charge in [0.1, 0.15) is 5.82 Å². The van der Waals surface area contributed by atoms with Gasteiger partial charge >= 0.3 is 0 Å². The van der Waals surface area contributed by atoms with Gasteiger partial charge < -0.3 is 9.88 Å². The molecule has 1 aliphatic heterocycles. The van der Waals surface area contributed by atoms with Crippen LogP contribution in [0.3, 0.4) is 0 Å². The summed E-state index contributed by atoms with van der Waals surface area (Å²) in [6, 6.07) is 12.4. The number of sulfonamides is 1. The second kappa shape index (κ2) is 9.03. The van der Waals surface area contributed by atoms with Gasteiger partial charge in [0.15, 0.2) is 0 Å². The predicted octanol–water partition coefficient (Wildman–Crippen LogP) is 4.03. The van der Waals surface area contributed by atoms with Crippen LogP contribution in [0.4, 0.5) is 0 Å². The second-order valence-electron chi connectivity index (χ2n) is 8.34. The summed E-state index contributed by atoms with van der Waals surface area (Å²) in [5.41, 5.74) is 2.89. The van der Waals surface area contributed by atoms with Gasteiger partial charge in [-0.1, -0.05) is 24.6 Å². The fourth-order valence-corrected chi connectivity index (χ4v) is 6.13. The Kier molecular flexibility index (Phi) is 6.35. The van der Waals surface area contributed by atoms with Gasteiger partial charge in [0.05, 0.1) is 22.0 Å². The van der Waals surface area contributed by atoms with E-state index in [2.05, 4.69) is 9.88 Å². The fraction of sp³-hybridized carbons (Fsp3) is 0.417. The van der Waals surface area contributed by atoms with Crippen molar-refractivity contribution in [2.24, 2.45) is 0 Å². The number of nitrogens with one attached hydrogen (secondary N) is 1. The van der Waals surface area contributed by atoms with Crippen molar-refractivity contribution in [3.05, 3.63) is 59.4 Å². The summed E-state index contributed by atoms with van der Waals surface area (Å²) in [7, 11) is -3.62. The summed E-state index contributed by atoms with van der Waals surface area (Å²) >= 11 is 0. The molecule has 1 fully saturated rings. The van der Waals surface area contributed by atoms with Gasteiger partial charge in [-0.2, -0.15) is 4.31 Å². The van der Waals surface area contributed by atoms with Crippen LogP contribution in [-0.2, 0) is 16.6 Å². The zero-order valence-corrected chi connectivity index (χ0v) is 19.7. The normalized spacial score (nSPS) is 16.2.